The summed E-state index contributed by atoms with van der Waals surface area (Å²) in [6.45, 7) is 9.76. The summed E-state index contributed by atoms with van der Waals surface area (Å²) in [5.74, 6) is 2.21. The number of unbranched alkanes of at least 4 members (excludes halogenated alkanes) is 8. The summed E-state index contributed by atoms with van der Waals surface area (Å²) in [5, 5.41) is 10.9. The van der Waals surface area contributed by atoms with Crippen LogP contribution in [0.3, 0.4) is 0 Å². The summed E-state index contributed by atoms with van der Waals surface area (Å²) >= 11 is 0. The number of benzene rings is 3. The summed E-state index contributed by atoms with van der Waals surface area (Å²) in [6, 6.07) is 18.8. The van der Waals surface area contributed by atoms with Gasteiger partial charge in [0.25, 0.3) is 0 Å². The van der Waals surface area contributed by atoms with Crippen LogP contribution in [0.2, 0.25) is 0 Å². The van der Waals surface area contributed by atoms with Crippen molar-refractivity contribution in [3.8, 4) is 17.2 Å². The minimum atomic E-state index is 0.268. The fraction of sp³-hybridized carbons (Fsp3) is 0.550. The van der Waals surface area contributed by atoms with E-state index in [4.69, 9.17) is 9.47 Å². The summed E-state index contributed by atoms with van der Waals surface area (Å²) in [7, 11) is 0. The van der Waals surface area contributed by atoms with Crippen molar-refractivity contribution in [2.75, 3.05) is 0 Å². The molecule has 236 valence electrons. The molecule has 0 saturated heterocycles. The van der Waals surface area contributed by atoms with Crippen molar-refractivity contribution in [2.45, 2.75) is 144 Å². The molecule has 0 amide bonds. The van der Waals surface area contributed by atoms with Crippen molar-refractivity contribution >= 4 is 0 Å². The maximum atomic E-state index is 10.9. The van der Waals surface area contributed by atoms with Crippen LogP contribution in [0.5, 0.6) is 17.2 Å². The van der Waals surface area contributed by atoms with Crippen LogP contribution in [0.4, 0.5) is 0 Å². The first-order valence-electron chi connectivity index (χ1n) is 17.4. The molecule has 0 aliphatic carbocycles. The van der Waals surface area contributed by atoms with Crippen LogP contribution >= 0.6 is 0 Å². The molecule has 0 aromatic heterocycles. The fourth-order valence-electron chi connectivity index (χ4n) is 5.99. The first-order chi connectivity index (χ1) is 21.1. The van der Waals surface area contributed by atoms with E-state index >= 15 is 0 Å². The highest BCUT2D eigenvalue weighted by atomic mass is 16.5. The van der Waals surface area contributed by atoms with Gasteiger partial charge in [-0.3, -0.25) is 0 Å². The molecule has 0 saturated carbocycles. The maximum Gasteiger partial charge on any atom is 0.123 e. The molecule has 0 radical (unpaired) electrons. The lowest BCUT2D eigenvalue weighted by molar-refractivity contribution is 0.276. The topological polar surface area (TPSA) is 38.7 Å². The van der Waals surface area contributed by atoms with Gasteiger partial charge in [-0.15, -0.1) is 0 Å². The van der Waals surface area contributed by atoms with E-state index in [1.165, 1.54) is 99.3 Å². The molecular formula is C40H58O3. The van der Waals surface area contributed by atoms with Crippen molar-refractivity contribution in [3.05, 3.63) is 88.0 Å². The zero-order valence-corrected chi connectivity index (χ0v) is 27.7. The highest BCUT2D eigenvalue weighted by molar-refractivity contribution is 5.44. The van der Waals surface area contributed by atoms with Gasteiger partial charge in [-0.1, -0.05) is 115 Å². The van der Waals surface area contributed by atoms with Crippen LogP contribution < -0.4 is 9.47 Å². The largest absolute Gasteiger partial charge is 0.508 e. The standard InChI is InChI=1S/C40H58O3/c1-5-9-13-20-32-22-18-28-39(35(32)25-15-11-7-3)42-30-34-24-17-27-38(41)37(34)31-43-40-29-19-23-33(21-14-10-6-2)36(40)26-16-12-8-4/h17-19,22-24,27-29,41H,5-16,20-21,25-26,30-31H2,1-4H3. The van der Waals surface area contributed by atoms with Gasteiger partial charge in [0.05, 0.1) is 0 Å². The average Bonchev–Trinajstić information content (AvgIpc) is 3.01. The second-order valence-corrected chi connectivity index (χ2v) is 12.1. The minimum absolute atomic E-state index is 0.268. The Labute approximate surface area is 263 Å². The third-order valence-electron chi connectivity index (χ3n) is 8.62. The zero-order valence-electron chi connectivity index (χ0n) is 27.7. The molecule has 43 heavy (non-hydrogen) atoms. The molecule has 3 rings (SSSR count). The highest BCUT2D eigenvalue weighted by Crippen LogP contribution is 2.31. The van der Waals surface area contributed by atoms with E-state index in [1.54, 1.807) is 6.07 Å². The molecular weight excluding hydrogens is 528 g/mol. The summed E-state index contributed by atoms with van der Waals surface area (Å²) in [6.07, 6.45) is 18.9. The highest BCUT2D eigenvalue weighted by Gasteiger charge is 2.15. The Bertz CT molecular complexity index is 1200. The van der Waals surface area contributed by atoms with E-state index in [-0.39, 0.29) is 5.75 Å². The quantitative estimate of drug-likeness (QED) is 0.119. The summed E-state index contributed by atoms with van der Waals surface area (Å²) < 4.78 is 13.1. The van der Waals surface area contributed by atoms with Crippen molar-refractivity contribution in [2.24, 2.45) is 0 Å². The van der Waals surface area contributed by atoms with Gasteiger partial charge in [0, 0.05) is 5.56 Å². The van der Waals surface area contributed by atoms with Crippen molar-refractivity contribution in [1.82, 2.24) is 0 Å². The summed E-state index contributed by atoms with van der Waals surface area (Å²) in [4.78, 5) is 0. The lowest BCUT2D eigenvalue weighted by atomic mass is 9.96. The van der Waals surface area contributed by atoms with Crippen molar-refractivity contribution in [1.29, 1.82) is 0 Å². The Kier molecular flexibility index (Phi) is 16.1. The molecule has 3 nitrogen and oxygen atoms in total. The molecule has 3 aromatic rings. The molecule has 3 aromatic carbocycles. The molecule has 3 heteroatoms. The first-order valence-corrected chi connectivity index (χ1v) is 17.4. The number of phenolic OH excluding ortho intramolecular Hbond substituents is 1. The number of ether oxygens (including phenoxy) is 2. The van der Waals surface area contributed by atoms with Crippen LogP contribution in [0.25, 0.3) is 0 Å². The Balaban J connectivity index is 1.79. The van der Waals surface area contributed by atoms with Crippen LogP contribution in [0, 0.1) is 0 Å². The SMILES string of the molecule is CCCCCc1cccc(OCc2cccc(O)c2COc2cccc(CCCCC)c2CCCCC)c1CCCCC. The molecule has 0 spiro atoms. The molecule has 0 fully saturated rings. The van der Waals surface area contributed by atoms with E-state index in [0.717, 1.165) is 48.3 Å². The van der Waals surface area contributed by atoms with Gasteiger partial charge in [0.2, 0.25) is 0 Å². The predicted molar refractivity (Wildman–Crippen MR) is 183 cm³/mol. The summed E-state index contributed by atoms with van der Waals surface area (Å²) in [5.41, 5.74) is 7.33. The molecule has 0 bridgehead atoms. The number of hydrogen-bond donors (Lipinski definition) is 1. The Morgan fingerprint density at radius 3 is 1.35 bits per heavy atom. The lowest BCUT2D eigenvalue weighted by Crippen LogP contribution is -2.08. The number of aromatic hydroxyl groups is 1. The van der Waals surface area contributed by atoms with E-state index in [9.17, 15) is 5.11 Å². The molecule has 1 N–H and O–H groups in total. The minimum Gasteiger partial charge on any atom is -0.508 e. The van der Waals surface area contributed by atoms with Crippen LogP contribution in [-0.4, -0.2) is 5.11 Å². The average molecular weight is 587 g/mol. The molecule has 0 heterocycles. The van der Waals surface area contributed by atoms with E-state index in [2.05, 4.69) is 70.2 Å². The van der Waals surface area contributed by atoms with Crippen LogP contribution in [0.15, 0.2) is 54.6 Å². The predicted octanol–water partition coefficient (Wildman–Crippen LogP) is 11.5. The molecule has 0 aliphatic rings. The van der Waals surface area contributed by atoms with Gasteiger partial charge < -0.3 is 14.6 Å². The van der Waals surface area contributed by atoms with Gasteiger partial charge in [-0.2, -0.15) is 0 Å². The van der Waals surface area contributed by atoms with Gasteiger partial charge in [-0.05, 0) is 97.4 Å². The zero-order chi connectivity index (χ0) is 30.7. The second-order valence-electron chi connectivity index (χ2n) is 12.1. The van der Waals surface area contributed by atoms with Gasteiger partial charge in [0.15, 0.2) is 0 Å². The van der Waals surface area contributed by atoms with Crippen molar-refractivity contribution in [3.63, 3.8) is 0 Å². The number of aryl methyl sites for hydroxylation is 2. The monoisotopic (exact) mass is 586 g/mol. The van der Waals surface area contributed by atoms with Crippen LogP contribution in [0.1, 0.15) is 138 Å². The second kappa shape index (κ2) is 20.1. The molecule has 0 aliphatic heterocycles. The Morgan fingerprint density at radius 2 is 0.860 bits per heavy atom. The fourth-order valence-corrected chi connectivity index (χ4v) is 5.99. The van der Waals surface area contributed by atoms with Gasteiger partial charge >= 0.3 is 0 Å². The van der Waals surface area contributed by atoms with E-state index in [1.807, 2.05) is 6.07 Å². The van der Waals surface area contributed by atoms with Gasteiger partial charge in [0.1, 0.15) is 30.5 Å². The molecule has 0 unspecified atom stereocenters. The van der Waals surface area contributed by atoms with E-state index < -0.39 is 0 Å². The van der Waals surface area contributed by atoms with Crippen LogP contribution in [-0.2, 0) is 38.9 Å². The normalized spacial score (nSPS) is 11.2. The third-order valence-corrected chi connectivity index (χ3v) is 8.62. The smallest absolute Gasteiger partial charge is 0.123 e. The van der Waals surface area contributed by atoms with E-state index in [0.29, 0.717) is 13.2 Å². The number of rotatable bonds is 22. The lowest BCUT2D eigenvalue weighted by Gasteiger charge is -2.19. The molecule has 0 atom stereocenters. The third kappa shape index (κ3) is 11.2. The first kappa shape index (κ1) is 34.5. The van der Waals surface area contributed by atoms with Crippen molar-refractivity contribution < 1.29 is 14.6 Å². The Morgan fingerprint density at radius 1 is 0.442 bits per heavy atom. The Hall–Kier alpha value is -2.94. The number of phenols is 1. The number of hydrogen-bond acceptors (Lipinski definition) is 3. The maximum absolute atomic E-state index is 10.9. The van der Waals surface area contributed by atoms with Gasteiger partial charge in [-0.25, -0.2) is 0 Å².